The highest BCUT2D eigenvalue weighted by Crippen LogP contribution is 2.32. The number of hydrogen-bond donors (Lipinski definition) is 1. The van der Waals surface area contributed by atoms with Crippen molar-refractivity contribution in [3.05, 3.63) is 48.3 Å². The third-order valence-electron chi connectivity index (χ3n) is 5.14. The molecule has 1 fully saturated rings. The highest BCUT2D eigenvalue weighted by atomic mass is 32.2. The maximum Gasteiger partial charge on any atom is 0.234 e. The number of aryl methyl sites for hydroxylation is 1. The van der Waals surface area contributed by atoms with Crippen molar-refractivity contribution in [1.29, 1.82) is 0 Å². The molecule has 1 aliphatic carbocycles. The number of aromatic nitrogens is 3. The first-order chi connectivity index (χ1) is 13.2. The average Bonchev–Trinajstić information content (AvgIpc) is 3.07. The number of carbonyl (C=O) groups is 1. The summed E-state index contributed by atoms with van der Waals surface area (Å²) in [6, 6.07) is 14.6. The minimum Gasteiger partial charge on any atom is -0.325 e. The second-order valence-corrected chi connectivity index (χ2v) is 8.03. The summed E-state index contributed by atoms with van der Waals surface area (Å²) in [6.07, 6.45) is 6.18. The van der Waals surface area contributed by atoms with Crippen molar-refractivity contribution in [2.45, 2.75) is 50.2 Å². The van der Waals surface area contributed by atoms with E-state index in [1.54, 1.807) is 0 Å². The number of carbonyl (C=O) groups excluding carboxylic acids is 1. The standard InChI is InChI=1S/C21H24N4OS/c1-15-23-24-21(25(15)19-9-3-2-4-10-19)27-14-20(26)22-18-12-11-16-7-5-6-8-17(16)13-18/h5-8,11-13,19H,2-4,9-10,14H2,1H3,(H,22,26). The Morgan fingerprint density at radius 1 is 1.11 bits per heavy atom. The van der Waals surface area contributed by atoms with Gasteiger partial charge in [0.15, 0.2) is 5.16 Å². The van der Waals surface area contributed by atoms with Crippen LogP contribution in [-0.4, -0.2) is 26.4 Å². The molecule has 27 heavy (non-hydrogen) atoms. The number of amides is 1. The lowest BCUT2D eigenvalue weighted by Gasteiger charge is -2.24. The molecule has 1 aromatic heterocycles. The summed E-state index contributed by atoms with van der Waals surface area (Å²) >= 11 is 1.47. The Hall–Kier alpha value is -2.34. The summed E-state index contributed by atoms with van der Waals surface area (Å²) in [6.45, 7) is 2.00. The Morgan fingerprint density at radius 3 is 2.70 bits per heavy atom. The minimum absolute atomic E-state index is 0.0221. The molecule has 0 saturated heterocycles. The maximum atomic E-state index is 12.4. The van der Waals surface area contributed by atoms with Crippen molar-refractivity contribution in [1.82, 2.24) is 14.8 Å². The van der Waals surface area contributed by atoms with Gasteiger partial charge in [-0.05, 0) is 42.7 Å². The number of benzene rings is 2. The van der Waals surface area contributed by atoms with Gasteiger partial charge in [-0.2, -0.15) is 0 Å². The van der Waals surface area contributed by atoms with Gasteiger partial charge in [0.2, 0.25) is 5.91 Å². The Morgan fingerprint density at radius 2 is 1.89 bits per heavy atom. The fourth-order valence-corrected chi connectivity index (χ4v) is 4.65. The van der Waals surface area contributed by atoms with Crippen LogP contribution in [0.5, 0.6) is 0 Å². The van der Waals surface area contributed by atoms with E-state index in [1.807, 2.05) is 37.3 Å². The van der Waals surface area contributed by atoms with E-state index in [-0.39, 0.29) is 5.91 Å². The zero-order valence-corrected chi connectivity index (χ0v) is 16.3. The van der Waals surface area contributed by atoms with Crippen LogP contribution in [-0.2, 0) is 4.79 Å². The van der Waals surface area contributed by atoms with Gasteiger partial charge in [0.25, 0.3) is 0 Å². The number of rotatable bonds is 5. The van der Waals surface area contributed by atoms with Gasteiger partial charge in [-0.3, -0.25) is 4.79 Å². The molecule has 0 bridgehead atoms. The van der Waals surface area contributed by atoms with Crippen molar-refractivity contribution in [3.8, 4) is 0 Å². The van der Waals surface area contributed by atoms with E-state index in [4.69, 9.17) is 0 Å². The Labute approximate surface area is 163 Å². The molecular weight excluding hydrogens is 356 g/mol. The average molecular weight is 381 g/mol. The molecule has 3 aromatic rings. The van der Waals surface area contributed by atoms with Gasteiger partial charge in [0.1, 0.15) is 5.82 Å². The lowest BCUT2D eigenvalue weighted by atomic mass is 9.95. The molecule has 1 N–H and O–H groups in total. The molecule has 5 nitrogen and oxygen atoms in total. The summed E-state index contributed by atoms with van der Waals surface area (Å²) in [4.78, 5) is 12.4. The smallest absolute Gasteiger partial charge is 0.234 e. The van der Waals surface area contributed by atoms with Crippen LogP contribution in [0.2, 0.25) is 0 Å². The van der Waals surface area contributed by atoms with Gasteiger partial charge in [-0.15, -0.1) is 10.2 Å². The zero-order valence-electron chi connectivity index (χ0n) is 15.5. The van der Waals surface area contributed by atoms with Crippen molar-refractivity contribution in [3.63, 3.8) is 0 Å². The summed E-state index contributed by atoms with van der Waals surface area (Å²) in [7, 11) is 0. The first-order valence-corrected chi connectivity index (χ1v) is 10.5. The second-order valence-electron chi connectivity index (χ2n) is 7.09. The van der Waals surface area contributed by atoms with Gasteiger partial charge in [-0.1, -0.05) is 61.4 Å². The van der Waals surface area contributed by atoms with Crippen LogP contribution in [0.4, 0.5) is 5.69 Å². The summed E-state index contributed by atoms with van der Waals surface area (Å²) < 4.78 is 2.23. The maximum absolute atomic E-state index is 12.4. The Kier molecular flexibility index (Phi) is 5.43. The molecule has 1 saturated carbocycles. The van der Waals surface area contributed by atoms with Crippen LogP contribution < -0.4 is 5.32 Å². The first kappa shape index (κ1) is 18.0. The molecule has 6 heteroatoms. The number of nitrogens with one attached hydrogen (secondary N) is 1. The fraction of sp³-hybridized carbons (Fsp3) is 0.381. The van der Waals surface area contributed by atoms with E-state index in [2.05, 4.69) is 32.2 Å². The monoisotopic (exact) mass is 380 g/mol. The van der Waals surface area contributed by atoms with Gasteiger partial charge >= 0.3 is 0 Å². The van der Waals surface area contributed by atoms with Gasteiger partial charge in [-0.25, -0.2) is 0 Å². The van der Waals surface area contributed by atoms with E-state index in [0.717, 1.165) is 22.1 Å². The molecule has 140 valence electrons. The molecule has 2 aromatic carbocycles. The normalized spacial score (nSPS) is 15.1. The van der Waals surface area contributed by atoms with Crippen molar-refractivity contribution < 1.29 is 4.79 Å². The lowest BCUT2D eigenvalue weighted by Crippen LogP contribution is -2.17. The number of nitrogens with zero attached hydrogens (tertiary/aromatic N) is 3. The van der Waals surface area contributed by atoms with Crippen molar-refractivity contribution in [2.75, 3.05) is 11.1 Å². The lowest BCUT2D eigenvalue weighted by molar-refractivity contribution is -0.113. The topological polar surface area (TPSA) is 59.8 Å². The zero-order chi connectivity index (χ0) is 18.6. The SMILES string of the molecule is Cc1nnc(SCC(=O)Nc2ccc3ccccc3c2)n1C1CCCCC1. The number of thioether (sulfide) groups is 1. The summed E-state index contributed by atoms with van der Waals surface area (Å²) in [5.74, 6) is 1.25. The molecular formula is C21H24N4OS. The highest BCUT2D eigenvalue weighted by Gasteiger charge is 2.21. The molecule has 0 spiro atoms. The third-order valence-corrected chi connectivity index (χ3v) is 6.08. The first-order valence-electron chi connectivity index (χ1n) is 9.53. The molecule has 0 aliphatic heterocycles. The number of fused-ring (bicyclic) bond motifs is 1. The molecule has 0 atom stereocenters. The van der Waals surface area contributed by atoms with E-state index in [9.17, 15) is 4.79 Å². The summed E-state index contributed by atoms with van der Waals surface area (Å²) in [5, 5.41) is 14.7. The highest BCUT2D eigenvalue weighted by molar-refractivity contribution is 7.99. The molecule has 1 heterocycles. The molecule has 1 aliphatic rings. The molecule has 4 rings (SSSR count). The van der Waals surface area contributed by atoms with Crippen LogP contribution in [0, 0.1) is 6.92 Å². The fourth-order valence-electron chi connectivity index (χ4n) is 3.80. The molecule has 1 amide bonds. The predicted molar refractivity (Wildman–Crippen MR) is 110 cm³/mol. The Balaban J connectivity index is 1.40. The van der Waals surface area contributed by atoms with E-state index >= 15 is 0 Å². The van der Waals surface area contributed by atoms with Gasteiger partial charge in [0, 0.05) is 11.7 Å². The largest absolute Gasteiger partial charge is 0.325 e. The number of anilines is 1. The van der Waals surface area contributed by atoms with Gasteiger partial charge < -0.3 is 9.88 Å². The van der Waals surface area contributed by atoms with Crippen LogP contribution in [0.25, 0.3) is 10.8 Å². The van der Waals surface area contributed by atoms with Crippen LogP contribution in [0.3, 0.4) is 0 Å². The number of hydrogen-bond acceptors (Lipinski definition) is 4. The quantitative estimate of drug-likeness (QED) is 0.635. The van der Waals surface area contributed by atoms with Crippen LogP contribution in [0.1, 0.15) is 44.0 Å². The van der Waals surface area contributed by atoms with E-state index < -0.39 is 0 Å². The summed E-state index contributed by atoms with van der Waals surface area (Å²) in [5.41, 5.74) is 0.823. The van der Waals surface area contributed by atoms with E-state index in [1.165, 1.54) is 49.3 Å². The van der Waals surface area contributed by atoms with Crippen LogP contribution in [0.15, 0.2) is 47.6 Å². The predicted octanol–water partition coefficient (Wildman–Crippen LogP) is 4.98. The van der Waals surface area contributed by atoms with Gasteiger partial charge in [0.05, 0.1) is 5.75 Å². The van der Waals surface area contributed by atoms with E-state index in [0.29, 0.717) is 11.8 Å². The molecule has 0 radical (unpaired) electrons. The minimum atomic E-state index is -0.0221. The third kappa shape index (κ3) is 4.16. The van der Waals surface area contributed by atoms with Crippen molar-refractivity contribution in [2.24, 2.45) is 0 Å². The van der Waals surface area contributed by atoms with Crippen LogP contribution >= 0.6 is 11.8 Å². The van der Waals surface area contributed by atoms with Crippen molar-refractivity contribution >= 4 is 34.1 Å². The molecule has 0 unspecified atom stereocenters. The Bertz CT molecular complexity index is 946. The second kappa shape index (κ2) is 8.13.